The highest BCUT2D eigenvalue weighted by molar-refractivity contribution is 5.49. The zero-order chi connectivity index (χ0) is 18.4. The lowest BCUT2D eigenvalue weighted by Crippen LogP contribution is -2.35. The van der Waals surface area contributed by atoms with Gasteiger partial charge in [0.1, 0.15) is 12.4 Å². The number of hydrogen-bond donors (Lipinski definition) is 0. The van der Waals surface area contributed by atoms with Gasteiger partial charge in [-0.05, 0) is 63.0 Å². The topological polar surface area (TPSA) is 33.5 Å². The van der Waals surface area contributed by atoms with E-state index in [1.165, 1.54) is 37.3 Å². The molecule has 2 aromatic rings. The summed E-state index contributed by atoms with van der Waals surface area (Å²) in [5.74, 6) is 1.84. The number of imidazole rings is 1. The summed E-state index contributed by atoms with van der Waals surface area (Å²) in [6, 6.07) is 8.47. The Hall–Kier alpha value is -2.01. The molecular weight excluding hydrogens is 324 g/mol. The largest absolute Gasteiger partial charge is 0.492 e. The fraction of sp³-hybridized carbons (Fsp3) is 0.571. The van der Waals surface area contributed by atoms with Crippen molar-refractivity contribution in [3.63, 3.8) is 0 Å². The maximum absolute atomic E-state index is 5.95. The van der Waals surface area contributed by atoms with Crippen LogP contribution in [0.2, 0.25) is 0 Å². The summed E-state index contributed by atoms with van der Waals surface area (Å²) < 4.78 is 8.03. The third-order valence-electron chi connectivity index (χ3n) is 5.41. The first kappa shape index (κ1) is 18.8. The molecule has 1 aliphatic rings. The number of likely N-dealkylation sites (tertiary alicyclic amines) is 1. The molecule has 0 amide bonds. The van der Waals surface area contributed by atoms with E-state index in [1.807, 2.05) is 19.6 Å². The zero-order valence-corrected chi connectivity index (χ0v) is 16.4. The van der Waals surface area contributed by atoms with Crippen molar-refractivity contribution in [2.24, 2.45) is 13.0 Å². The Morgan fingerprint density at radius 1 is 1.19 bits per heavy atom. The number of hydrogen-bond acceptors (Lipinski definition) is 4. The minimum absolute atomic E-state index is 0.764. The fourth-order valence-corrected chi connectivity index (χ4v) is 3.45. The number of ether oxygens (including phenoxy) is 1. The number of anilines is 1. The van der Waals surface area contributed by atoms with Crippen LogP contribution in [-0.4, -0.2) is 47.2 Å². The maximum Gasteiger partial charge on any atom is 0.119 e. The Kier molecular flexibility index (Phi) is 6.56. The van der Waals surface area contributed by atoms with E-state index in [9.17, 15) is 0 Å². The van der Waals surface area contributed by atoms with Gasteiger partial charge in [-0.1, -0.05) is 6.92 Å². The van der Waals surface area contributed by atoms with E-state index in [2.05, 4.69) is 57.5 Å². The van der Waals surface area contributed by atoms with E-state index in [4.69, 9.17) is 4.74 Å². The predicted molar refractivity (Wildman–Crippen MR) is 107 cm³/mol. The van der Waals surface area contributed by atoms with E-state index in [-0.39, 0.29) is 0 Å². The van der Waals surface area contributed by atoms with Gasteiger partial charge in [-0.3, -0.25) is 4.90 Å². The summed E-state index contributed by atoms with van der Waals surface area (Å²) in [7, 11) is 2.04. The van der Waals surface area contributed by atoms with Crippen molar-refractivity contribution in [3.05, 3.63) is 42.5 Å². The highest BCUT2D eigenvalue weighted by Crippen LogP contribution is 2.21. The molecule has 1 aromatic carbocycles. The Morgan fingerprint density at radius 3 is 2.54 bits per heavy atom. The van der Waals surface area contributed by atoms with E-state index in [0.717, 1.165) is 37.9 Å². The van der Waals surface area contributed by atoms with Gasteiger partial charge in [-0.25, -0.2) is 4.98 Å². The van der Waals surface area contributed by atoms with Crippen molar-refractivity contribution in [1.29, 1.82) is 0 Å². The first-order valence-electron chi connectivity index (χ1n) is 9.81. The molecule has 2 heterocycles. The molecule has 0 N–H and O–H groups in total. The normalized spacial score (nSPS) is 16.0. The summed E-state index contributed by atoms with van der Waals surface area (Å²) in [4.78, 5) is 9.06. The van der Waals surface area contributed by atoms with Crippen LogP contribution in [0.25, 0.3) is 0 Å². The van der Waals surface area contributed by atoms with Gasteiger partial charge in [-0.2, -0.15) is 0 Å². The van der Waals surface area contributed by atoms with Gasteiger partial charge in [0.05, 0.1) is 18.6 Å². The van der Waals surface area contributed by atoms with Crippen molar-refractivity contribution >= 4 is 5.69 Å². The van der Waals surface area contributed by atoms with E-state index in [0.29, 0.717) is 0 Å². The van der Waals surface area contributed by atoms with E-state index >= 15 is 0 Å². The maximum atomic E-state index is 5.95. The lowest BCUT2D eigenvalue weighted by molar-refractivity contribution is 0.160. The van der Waals surface area contributed by atoms with Crippen molar-refractivity contribution in [3.8, 4) is 5.75 Å². The first-order valence-corrected chi connectivity index (χ1v) is 9.81. The van der Waals surface area contributed by atoms with Crippen molar-refractivity contribution in [2.75, 3.05) is 37.7 Å². The fourth-order valence-electron chi connectivity index (χ4n) is 3.45. The van der Waals surface area contributed by atoms with Crippen molar-refractivity contribution in [1.82, 2.24) is 14.5 Å². The quantitative estimate of drug-likeness (QED) is 0.724. The van der Waals surface area contributed by atoms with Gasteiger partial charge in [0.25, 0.3) is 0 Å². The third-order valence-corrected chi connectivity index (χ3v) is 5.41. The summed E-state index contributed by atoms with van der Waals surface area (Å²) in [5, 5.41) is 0. The Bertz CT molecular complexity index is 659. The highest BCUT2D eigenvalue weighted by Gasteiger charge is 2.15. The zero-order valence-electron chi connectivity index (χ0n) is 16.4. The summed E-state index contributed by atoms with van der Waals surface area (Å²) in [6.07, 6.45) is 6.42. The summed E-state index contributed by atoms with van der Waals surface area (Å²) >= 11 is 0. The molecule has 5 heteroatoms. The van der Waals surface area contributed by atoms with Gasteiger partial charge in [-0.15, -0.1) is 0 Å². The molecule has 1 saturated heterocycles. The van der Waals surface area contributed by atoms with Crippen LogP contribution in [0.15, 0.2) is 36.8 Å². The van der Waals surface area contributed by atoms with Crippen LogP contribution in [0.4, 0.5) is 5.69 Å². The van der Waals surface area contributed by atoms with Crippen LogP contribution in [0.1, 0.15) is 32.4 Å². The second kappa shape index (κ2) is 9.08. The molecule has 0 atom stereocenters. The molecule has 1 fully saturated rings. The molecule has 1 aliphatic heterocycles. The number of aromatic nitrogens is 2. The van der Waals surface area contributed by atoms with Crippen LogP contribution >= 0.6 is 0 Å². The minimum atomic E-state index is 0.764. The lowest BCUT2D eigenvalue weighted by atomic mass is 9.99. The van der Waals surface area contributed by atoms with Crippen LogP contribution in [0, 0.1) is 5.92 Å². The second-order valence-electron chi connectivity index (χ2n) is 7.38. The van der Waals surface area contributed by atoms with Gasteiger partial charge < -0.3 is 14.2 Å². The molecule has 0 unspecified atom stereocenters. The smallest absolute Gasteiger partial charge is 0.119 e. The molecule has 0 radical (unpaired) electrons. The van der Waals surface area contributed by atoms with Crippen LogP contribution in [-0.2, 0) is 13.6 Å². The van der Waals surface area contributed by atoms with Gasteiger partial charge in [0.2, 0.25) is 0 Å². The Labute approximate surface area is 157 Å². The molecule has 5 nitrogen and oxygen atoms in total. The molecular formula is C21H32N4O. The van der Waals surface area contributed by atoms with Gasteiger partial charge >= 0.3 is 0 Å². The molecule has 0 spiro atoms. The molecule has 0 saturated carbocycles. The number of rotatable bonds is 8. The SMILES string of the molecule is CCN(Cc1cncn1C)c1ccc(OCCN2CCC(C)CC2)cc1. The number of benzene rings is 1. The van der Waals surface area contributed by atoms with E-state index < -0.39 is 0 Å². The van der Waals surface area contributed by atoms with Crippen LogP contribution in [0.5, 0.6) is 5.75 Å². The summed E-state index contributed by atoms with van der Waals surface area (Å²) in [5.41, 5.74) is 2.43. The highest BCUT2D eigenvalue weighted by atomic mass is 16.5. The summed E-state index contributed by atoms with van der Waals surface area (Å²) in [6.45, 7) is 10.6. The average molecular weight is 357 g/mol. The molecule has 1 aromatic heterocycles. The first-order chi connectivity index (χ1) is 12.7. The number of nitrogens with zero attached hydrogens (tertiary/aromatic N) is 4. The van der Waals surface area contributed by atoms with Crippen molar-refractivity contribution < 1.29 is 4.74 Å². The number of aryl methyl sites for hydroxylation is 1. The predicted octanol–water partition coefficient (Wildman–Crippen LogP) is 3.56. The third kappa shape index (κ3) is 5.01. The lowest BCUT2D eigenvalue weighted by Gasteiger charge is -2.30. The molecule has 142 valence electrons. The van der Waals surface area contributed by atoms with Crippen LogP contribution < -0.4 is 9.64 Å². The minimum Gasteiger partial charge on any atom is -0.492 e. The van der Waals surface area contributed by atoms with Gasteiger partial charge in [0.15, 0.2) is 0 Å². The monoisotopic (exact) mass is 356 g/mol. The Morgan fingerprint density at radius 2 is 1.92 bits per heavy atom. The second-order valence-corrected chi connectivity index (χ2v) is 7.38. The molecule has 26 heavy (non-hydrogen) atoms. The Balaban J connectivity index is 1.48. The van der Waals surface area contributed by atoms with Gasteiger partial charge in [0, 0.05) is 32.0 Å². The molecule has 0 aliphatic carbocycles. The standard InChI is InChI=1S/C21H32N4O/c1-4-25(16-20-15-22-17-23(20)3)19-5-7-21(8-6-19)26-14-13-24-11-9-18(2)10-12-24/h5-8,15,17-18H,4,9-14,16H2,1-3H3. The van der Waals surface area contributed by atoms with Crippen molar-refractivity contribution in [2.45, 2.75) is 33.2 Å². The van der Waals surface area contributed by atoms with E-state index in [1.54, 1.807) is 0 Å². The molecule has 3 rings (SSSR count). The average Bonchev–Trinajstić information content (AvgIpc) is 3.07. The number of piperidine rings is 1. The molecule has 0 bridgehead atoms. The van der Waals surface area contributed by atoms with Crippen LogP contribution in [0.3, 0.4) is 0 Å².